The number of carbonyl (C=O) groups is 2. The topological polar surface area (TPSA) is 84.0 Å². The van der Waals surface area contributed by atoms with Crippen LogP contribution in [0, 0.1) is 0 Å². The van der Waals surface area contributed by atoms with Gasteiger partial charge in [0.25, 0.3) is 5.91 Å². The van der Waals surface area contributed by atoms with Crippen LogP contribution in [0.25, 0.3) is 11.3 Å². The Morgan fingerprint density at radius 3 is 2.48 bits per heavy atom. The molecule has 0 spiro atoms. The SMILES string of the molecule is CC(=O)Nc1cccc(-c2ccnc(NC(=O)c3ccccc3)n2)c1. The molecule has 0 aliphatic rings. The van der Waals surface area contributed by atoms with Crippen molar-refractivity contribution in [3.63, 3.8) is 0 Å². The minimum Gasteiger partial charge on any atom is -0.326 e. The first-order valence-corrected chi connectivity index (χ1v) is 7.69. The Morgan fingerprint density at radius 1 is 0.920 bits per heavy atom. The summed E-state index contributed by atoms with van der Waals surface area (Å²) in [5.41, 5.74) is 2.66. The molecule has 0 aliphatic heterocycles. The number of anilines is 2. The molecule has 0 unspecified atom stereocenters. The van der Waals surface area contributed by atoms with Gasteiger partial charge < -0.3 is 5.32 Å². The van der Waals surface area contributed by atoms with Crippen molar-refractivity contribution in [3.8, 4) is 11.3 Å². The molecule has 0 atom stereocenters. The van der Waals surface area contributed by atoms with Gasteiger partial charge in [0, 0.05) is 29.9 Å². The Kier molecular flexibility index (Phi) is 4.80. The summed E-state index contributed by atoms with van der Waals surface area (Å²) < 4.78 is 0. The molecule has 0 bridgehead atoms. The lowest BCUT2D eigenvalue weighted by Crippen LogP contribution is -2.14. The summed E-state index contributed by atoms with van der Waals surface area (Å²) in [7, 11) is 0. The fourth-order valence-electron chi connectivity index (χ4n) is 2.30. The maximum Gasteiger partial charge on any atom is 0.258 e. The van der Waals surface area contributed by atoms with Gasteiger partial charge >= 0.3 is 0 Å². The fraction of sp³-hybridized carbons (Fsp3) is 0.0526. The molecule has 3 aromatic rings. The minimum absolute atomic E-state index is 0.143. The van der Waals surface area contributed by atoms with Crippen LogP contribution < -0.4 is 10.6 Å². The van der Waals surface area contributed by atoms with Gasteiger partial charge in [-0.15, -0.1) is 0 Å². The van der Waals surface area contributed by atoms with Gasteiger partial charge in [-0.2, -0.15) is 0 Å². The number of hydrogen-bond donors (Lipinski definition) is 2. The first-order valence-electron chi connectivity index (χ1n) is 7.69. The van der Waals surface area contributed by atoms with E-state index in [1.54, 1.807) is 42.6 Å². The Bertz CT molecular complexity index is 910. The summed E-state index contributed by atoms with van der Waals surface area (Å²) >= 11 is 0. The van der Waals surface area contributed by atoms with Gasteiger partial charge in [-0.05, 0) is 30.3 Å². The largest absolute Gasteiger partial charge is 0.326 e. The first kappa shape index (κ1) is 16.3. The van der Waals surface area contributed by atoms with Crippen molar-refractivity contribution >= 4 is 23.5 Å². The summed E-state index contributed by atoms with van der Waals surface area (Å²) in [5, 5.41) is 5.42. The summed E-state index contributed by atoms with van der Waals surface area (Å²) in [6.45, 7) is 1.45. The maximum absolute atomic E-state index is 12.2. The van der Waals surface area contributed by atoms with E-state index in [9.17, 15) is 9.59 Å². The molecular formula is C19H16N4O2. The highest BCUT2D eigenvalue weighted by Crippen LogP contribution is 2.21. The molecule has 0 fully saturated rings. The second-order valence-electron chi connectivity index (χ2n) is 5.35. The molecule has 2 aromatic carbocycles. The van der Waals surface area contributed by atoms with Crippen LogP contribution in [-0.4, -0.2) is 21.8 Å². The highest BCUT2D eigenvalue weighted by Gasteiger charge is 2.09. The van der Waals surface area contributed by atoms with Crippen molar-refractivity contribution < 1.29 is 9.59 Å². The number of carbonyl (C=O) groups excluding carboxylic acids is 2. The molecule has 25 heavy (non-hydrogen) atoms. The predicted molar refractivity (Wildman–Crippen MR) is 96.2 cm³/mol. The Hall–Kier alpha value is -3.54. The molecule has 1 heterocycles. The standard InChI is InChI=1S/C19H16N4O2/c1-13(24)21-16-9-5-8-15(12-16)17-10-11-20-19(22-17)23-18(25)14-6-3-2-4-7-14/h2-12H,1H3,(H,21,24)(H,20,22,23,25). The molecule has 6 heteroatoms. The highest BCUT2D eigenvalue weighted by atomic mass is 16.2. The highest BCUT2D eigenvalue weighted by molar-refractivity contribution is 6.03. The van der Waals surface area contributed by atoms with Gasteiger partial charge in [0.05, 0.1) is 5.69 Å². The summed E-state index contributed by atoms with van der Waals surface area (Å²) in [6, 6.07) is 17.9. The van der Waals surface area contributed by atoms with Gasteiger partial charge in [0.15, 0.2) is 0 Å². The van der Waals surface area contributed by atoms with Crippen molar-refractivity contribution in [1.82, 2.24) is 9.97 Å². The third-order valence-corrected chi connectivity index (χ3v) is 3.40. The molecule has 2 N–H and O–H groups in total. The fourth-order valence-corrected chi connectivity index (χ4v) is 2.30. The van der Waals surface area contributed by atoms with Crippen LogP contribution in [0.3, 0.4) is 0 Å². The lowest BCUT2D eigenvalue weighted by molar-refractivity contribution is -0.114. The minimum atomic E-state index is -0.273. The lowest BCUT2D eigenvalue weighted by Gasteiger charge is -2.07. The smallest absolute Gasteiger partial charge is 0.258 e. The molecule has 6 nitrogen and oxygen atoms in total. The van der Waals surface area contributed by atoms with Crippen molar-refractivity contribution in [2.45, 2.75) is 6.92 Å². The van der Waals surface area contributed by atoms with Gasteiger partial charge in [-0.25, -0.2) is 9.97 Å². The monoisotopic (exact) mass is 332 g/mol. The number of aromatic nitrogens is 2. The molecular weight excluding hydrogens is 316 g/mol. The average molecular weight is 332 g/mol. The van der Waals surface area contributed by atoms with Crippen LogP contribution in [0.2, 0.25) is 0 Å². The van der Waals surface area contributed by atoms with Crippen molar-refractivity contribution in [1.29, 1.82) is 0 Å². The zero-order valence-corrected chi connectivity index (χ0v) is 13.6. The van der Waals surface area contributed by atoms with Crippen LogP contribution >= 0.6 is 0 Å². The predicted octanol–water partition coefficient (Wildman–Crippen LogP) is 3.35. The van der Waals surface area contributed by atoms with Crippen molar-refractivity contribution in [2.75, 3.05) is 10.6 Å². The number of hydrogen-bond acceptors (Lipinski definition) is 4. The summed E-state index contributed by atoms with van der Waals surface area (Å²) in [5.74, 6) is -0.198. The quantitative estimate of drug-likeness (QED) is 0.767. The number of rotatable bonds is 4. The van der Waals surface area contributed by atoms with E-state index in [0.717, 1.165) is 5.56 Å². The van der Waals surface area contributed by atoms with Gasteiger partial charge in [-0.1, -0.05) is 30.3 Å². The van der Waals surface area contributed by atoms with E-state index in [1.165, 1.54) is 6.92 Å². The normalized spacial score (nSPS) is 10.1. The maximum atomic E-state index is 12.2. The first-order chi connectivity index (χ1) is 12.1. The van der Waals surface area contributed by atoms with Crippen LogP contribution in [-0.2, 0) is 4.79 Å². The molecule has 0 aliphatic carbocycles. The van der Waals surface area contributed by atoms with Crippen LogP contribution in [0.1, 0.15) is 17.3 Å². The molecule has 0 radical (unpaired) electrons. The molecule has 2 amide bonds. The number of amides is 2. The van der Waals surface area contributed by atoms with Gasteiger partial charge in [0.1, 0.15) is 0 Å². The summed E-state index contributed by atoms with van der Waals surface area (Å²) in [6.07, 6.45) is 1.58. The second-order valence-corrected chi connectivity index (χ2v) is 5.35. The summed E-state index contributed by atoms with van der Waals surface area (Å²) in [4.78, 5) is 31.8. The average Bonchev–Trinajstić information content (AvgIpc) is 2.62. The van der Waals surface area contributed by atoms with Gasteiger partial charge in [0.2, 0.25) is 11.9 Å². The molecule has 0 saturated heterocycles. The van der Waals surface area contributed by atoms with Crippen LogP contribution in [0.5, 0.6) is 0 Å². The van der Waals surface area contributed by atoms with Crippen LogP contribution in [0.4, 0.5) is 11.6 Å². The Labute approximate surface area is 145 Å². The van der Waals surface area contributed by atoms with E-state index >= 15 is 0 Å². The van der Waals surface area contributed by atoms with E-state index in [-0.39, 0.29) is 17.8 Å². The second kappa shape index (κ2) is 7.35. The number of nitrogens with one attached hydrogen (secondary N) is 2. The zero-order chi connectivity index (χ0) is 17.6. The Morgan fingerprint density at radius 2 is 1.72 bits per heavy atom. The molecule has 3 rings (SSSR count). The van der Waals surface area contributed by atoms with Crippen molar-refractivity contribution in [2.24, 2.45) is 0 Å². The molecule has 0 saturated carbocycles. The zero-order valence-electron chi connectivity index (χ0n) is 13.6. The van der Waals surface area contributed by atoms with E-state index in [0.29, 0.717) is 16.9 Å². The van der Waals surface area contributed by atoms with Gasteiger partial charge in [-0.3, -0.25) is 14.9 Å². The number of benzene rings is 2. The van der Waals surface area contributed by atoms with E-state index in [1.807, 2.05) is 24.3 Å². The van der Waals surface area contributed by atoms with E-state index in [2.05, 4.69) is 20.6 Å². The molecule has 1 aromatic heterocycles. The molecule has 124 valence electrons. The Balaban J connectivity index is 1.82. The van der Waals surface area contributed by atoms with Crippen LogP contribution in [0.15, 0.2) is 66.9 Å². The van der Waals surface area contributed by atoms with E-state index < -0.39 is 0 Å². The number of nitrogens with zero attached hydrogens (tertiary/aromatic N) is 2. The van der Waals surface area contributed by atoms with E-state index in [4.69, 9.17) is 0 Å². The third-order valence-electron chi connectivity index (χ3n) is 3.40. The lowest BCUT2D eigenvalue weighted by atomic mass is 10.1. The third kappa shape index (κ3) is 4.26. The van der Waals surface area contributed by atoms with Crippen molar-refractivity contribution in [3.05, 3.63) is 72.4 Å².